The molecule has 0 amide bonds. The van der Waals surface area contributed by atoms with E-state index in [2.05, 4.69) is 4.98 Å². The van der Waals surface area contributed by atoms with E-state index in [1.54, 1.807) is 0 Å². The summed E-state index contributed by atoms with van der Waals surface area (Å²) >= 11 is 0. The van der Waals surface area contributed by atoms with Crippen LogP contribution < -0.4 is 16.1 Å². The van der Waals surface area contributed by atoms with Crippen LogP contribution in [0, 0.1) is 5.92 Å². The molecule has 2 aromatic heterocycles. The number of nitrogens with zero attached hydrogens (tertiary/aromatic N) is 2. The molecule has 7 heteroatoms. The van der Waals surface area contributed by atoms with Crippen LogP contribution in [-0.4, -0.2) is 22.8 Å². The molecule has 124 valence electrons. The number of rotatable bonds is 7. The number of fused-ring (bicyclic) bond motifs is 1. The van der Waals surface area contributed by atoms with Gasteiger partial charge in [0.25, 0.3) is 0 Å². The van der Waals surface area contributed by atoms with Gasteiger partial charge >= 0.3 is 11.3 Å². The molecule has 0 atom stereocenters. The van der Waals surface area contributed by atoms with Gasteiger partial charge in [0.05, 0.1) is 0 Å². The Morgan fingerprint density at radius 2 is 2.22 bits per heavy atom. The lowest BCUT2D eigenvalue weighted by Crippen LogP contribution is -2.23. The molecule has 0 bridgehead atoms. The molecule has 0 aliphatic heterocycles. The minimum absolute atomic E-state index is 0.0333. The number of hydrogen-bond donors (Lipinski definition) is 0. The number of halogens is 1. The lowest BCUT2D eigenvalue weighted by Gasteiger charge is -2.11. The van der Waals surface area contributed by atoms with E-state index >= 15 is 0 Å². The first-order valence-electron chi connectivity index (χ1n) is 7.82. The molecule has 2 heterocycles. The van der Waals surface area contributed by atoms with Crippen LogP contribution in [0.1, 0.15) is 31.2 Å². The van der Waals surface area contributed by atoms with Gasteiger partial charge in [-0.05, 0) is 24.3 Å². The maximum absolute atomic E-state index is 12.4. The van der Waals surface area contributed by atoms with E-state index < -0.39 is 18.0 Å². The molecule has 0 aromatic carbocycles. The van der Waals surface area contributed by atoms with E-state index in [9.17, 15) is 14.0 Å². The van der Waals surface area contributed by atoms with Crippen LogP contribution in [0.2, 0.25) is 0 Å². The second-order valence-electron chi connectivity index (χ2n) is 5.90. The van der Waals surface area contributed by atoms with Gasteiger partial charge < -0.3 is 9.15 Å². The van der Waals surface area contributed by atoms with Crippen LogP contribution in [0.4, 0.5) is 4.39 Å². The molecule has 1 saturated carbocycles. The zero-order chi connectivity index (χ0) is 16.4. The van der Waals surface area contributed by atoms with Gasteiger partial charge in [0, 0.05) is 13.1 Å². The second-order valence-corrected chi connectivity index (χ2v) is 5.90. The smallest absolute Gasteiger partial charge is 0.353 e. The van der Waals surface area contributed by atoms with Crippen molar-refractivity contribution in [3.63, 3.8) is 0 Å². The van der Waals surface area contributed by atoms with Crippen molar-refractivity contribution < 1.29 is 13.5 Å². The minimum Gasteiger partial charge on any atom is -0.474 e. The molecule has 0 unspecified atom stereocenters. The Balaban J connectivity index is 2.06. The van der Waals surface area contributed by atoms with Crippen LogP contribution in [0.15, 0.2) is 20.1 Å². The van der Waals surface area contributed by atoms with E-state index in [1.807, 2.05) is 0 Å². The van der Waals surface area contributed by atoms with Gasteiger partial charge in [-0.2, -0.15) is 4.98 Å². The zero-order valence-electron chi connectivity index (χ0n) is 13.0. The Hall–Kier alpha value is -2.18. The average molecular weight is 322 g/mol. The predicted molar refractivity (Wildman–Crippen MR) is 82.7 cm³/mol. The van der Waals surface area contributed by atoms with Gasteiger partial charge in [-0.1, -0.05) is 19.3 Å². The number of ether oxygens (including phenoxy) is 1. The van der Waals surface area contributed by atoms with E-state index in [-0.39, 0.29) is 18.2 Å². The molecular weight excluding hydrogens is 303 g/mol. The molecule has 0 spiro atoms. The molecule has 1 aliphatic rings. The maximum atomic E-state index is 12.4. The van der Waals surface area contributed by atoms with Crippen LogP contribution in [0.5, 0.6) is 5.88 Å². The van der Waals surface area contributed by atoms with Gasteiger partial charge in [0.2, 0.25) is 11.6 Å². The first kappa shape index (κ1) is 15.7. The molecule has 3 rings (SSSR count). The Morgan fingerprint density at radius 1 is 1.43 bits per heavy atom. The maximum Gasteiger partial charge on any atom is 0.353 e. The summed E-state index contributed by atoms with van der Waals surface area (Å²) in [6.45, 7) is -0.887. The molecule has 0 N–H and O–H groups in total. The van der Waals surface area contributed by atoms with Crippen molar-refractivity contribution >= 4 is 11.1 Å². The SMILES string of the molecule is Cn1c(=O)nc(OCCF)c2c(CCCC3CC3)cc(=O)oc21. The third-order valence-corrected chi connectivity index (χ3v) is 4.10. The fourth-order valence-corrected chi connectivity index (χ4v) is 2.72. The van der Waals surface area contributed by atoms with E-state index in [4.69, 9.17) is 9.15 Å². The van der Waals surface area contributed by atoms with Gasteiger partial charge in [-0.3, -0.25) is 4.57 Å². The quantitative estimate of drug-likeness (QED) is 0.779. The molecule has 1 fully saturated rings. The summed E-state index contributed by atoms with van der Waals surface area (Å²) in [5.74, 6) is 0.831. The number of hydrogen-bond acceptors (Lipinski definition) is 5. The van der Waals surface area contributed by atoms with Gasteiger partial charge in [0.1, 0.15) is 18.7 Å². The van der Waals surface area contributed by atoms with E-state index in [1.165, 1.54) is 30.5 Å². The summed E-state index contributed by atoms with van der Waals surface area (Å²) < 4.78 is 24.0. The molecule has 0 saturated heterocycles. The molecule has 0 radical (unpaired) electrons. The summed E-state index contributed by atoms with van der Waals surface area (Å²) in [7, 11) is 1.48. The largest absolute Gasteiger partial charge is 0.474 e. The summed E-state index contributed by atoms with van der Waals surface area (Å²) in [4.78, 5) is 27.5. The number of aromatic nitrogens is 2. The standard InChI is InChI=1S/C16H19FN2O4/c1-19-15-13(14(18-16(19)21)22-8-7-17)11(9-12(20)23-15)4-2-3-10-5-6-10/h9-10H,2-8H2,1H3. The highest BCUT2D eigenvalue weighted by Crippen LogP contribution is 2.34. The van der Waals surface area contributed by atoms with Crippen molar-refractivity contribution in [3.8, 4) is 5.88 Å². The van der Waals surface area contributed by atoms with Gasteiger partial charge in [-0.15, -0.1) is 0 Å². The fraction of sp³-hybridized carbons (Fsp3) is 0.562. The average Bonchev–Trinajstić information content (AvgIpc) is 3.33. The van der Waals surface area contributed by atoms with Gasteiger partial charge in [0.15, 0.2) is 0 Å². The fourth-order valence-electron chi connectivity index (χ4n) is 2.72. The first-order valence-corrected chi connectivity index (χ1v) is 7.82. The molecular formula is C16H19FN2O4. The van der Waals surface area contributed by atoms with Crippen molar-refractivity contribution in [2.24, 2.45) is 13.0 Å². The Morgan fingerprint density at radius 3 is 2.91 bits per heavy atom. The lowest BCUT2D eigenvalue weighted by molar-refractivity contribution is 0.265. The van der Waals surface area contributed by atoms with Crippen LogP contribution in [-0.2, 0) is 13.5 Å². The van der Waals surface area contributed by atoms with Crippen LogP contribution in [0.3, 0.4) is 0 Å². The third kappa shape index (κ3) is 3.43. The van der Waals surface area contributed by atoms with Crippen LogP contribution in [0.25, 0.3) is 11.1 Å². The normalized spacial score (nSPS) is 14.3. The highest BCUT2D eigenvalue weighted by molar-refractivity contribution is 5.82. The van der Waals surface area contributed by atoms with Crippen molar-refractivity contribution in [3.05, 3.63) is 32.5 Å². The highest BCUT2D eigenvalue weighted by atomic mass is 19.1. The highest BCUT2D eigenvalue weighted by Gasteiger charge is 2.21. The van der Waals surface area contributed by atoms with E-state index in [0.717, 1.165) is 24.3 Å². The van der Waals surface area contributed by atoms with Crippen molar-refractivity contribution in [1.82, 2.24) is 9.55 Å². The molecule has 1 aliphatic carbocycles. The summed E-state index contributed by atoms with van der Waals surface area (Å²) in [6.07, 6.45) is 5.28. The predicted octanol–water partition coefficient (Wildman–Crippen LogP) is 1.97. The van der Waals surface area contributed by atoms with Crippen molar-refractivity contribution in [2.75, 3.05) is 13.3 Å². The van der Waals surface area contributed by atoms with E-state index in [0.29, 0.717) is 11.8 Å². The Kier molecular flexibility index (Phi) is 4.45. The second kappa shape index (κ2) is 6.52. The zero-order valence-corrected chi connectivity index (χ0v) is 13.0. The third-order valence-electron chi connectivity index (χ3n) is 4.10. The summed E-state index contributed by atoms with van der Waals surface area (Å²) in [5, 5.41) is 0.482. The molecule has 6 nitrogen and oxygen atoms in total. The number of aryl methyl sites for hydroxylation is 2. The van der Waals surface area contributed by atoms with Crippen molar-refractivity contribution in [2.45, 2.75) is 32.1 Å². The molecule has 2 aromatic rings. The van der Waals surface area contributed by atoms with Crippen molar-refractivity contribution in [1.29, 1.82) is 0 Å². The summed E-state index contributed by atoms with van der Waals surface area (Å²) in [6, 6.07) is 1.41. The summed E-state index contributed by atoms with van der Waals surface area (Å²) in [5.41, 5.74) is -0.275. The Labute approximate surface area is 131 Å². The minimum atomic E-state index is -0.688. The monoisotopic (exact) mass is 322 g/mol. The van der Waals surface area contributed by atoms with Gasteiger partial charge in [-0.25, -0.2) is 14.0 Å². The first-order chi connectivity index (χ1) is 11.1. The van der Waals surface area contributed by atoms with Crippen LogP contribution >= 0.6 is 0 Å². The lowest BCUT2D eigenvalue weighted by atomic mass is 10.0. The molecule has 23 heavy (non-hydrogen) atoms. The topological polar surface area (TPSA) is 74.3 Å². The Bertz CT molecular complexity index is 823. The number of alkyl halides is 1.